The summed E-state index contributed by atoms with van der Waals surface area (Å²) in [5.74, 6) is -0.324. The fourth-order valence-corrected chi connectivity index (χ4v) is 2.85. The van der Waals surface area contributed by atoms with Crippen LogP contribution in [0.1, 0.15) is 9.67 Å². The first kappa shape index (κ1) is 14.8. The molecule has 9 heteroatoms. The van der Waals surface area contributed by atoms with Crippen molar-refractivity contribution in [2.75, 3.05) is 10.0 Å². The van der Waals surface area contributed by atoms with Crippen molar-refractivity contribution in [3.8, 4) is 0 Å². The number of benzene rings is 1. The fraction of sp³-hybridized carbons (Fsp3) is 0. The maximum atomic E-state index is 11.9. The van der Waals surface area contributed by atoms with Crippen LogP contribution in [0.5, 0.6) is 0 Å². The van der Waals surface area contributed by atoms with E-state index in [-0.39, 0.29) is 11.6 Å². The maximum Gasteiger partial charge on any atom is 0.296 e. The molecule has 106 valence electrons. The summed E-state index contributed by atoms with van der Waals surface area (Å²) in [7, 11) is -3.85. The molecule has 0 unspecified atom stereocenters. The molecule has 4 N–H and O–H groups in total. The van der Waals surface area contributed by atoms with Crippen LogP contribution < -0.4 is 15.2 Å². The second-order valence-electron chi connectivity index (χ2n) is 3.79. The lowest BCUT2D eigenvalue weighted by molar-refractivity contribution is 0.103. The third-order valence-electron chi connectivity index (χ3n) is 2.18. The minimum Gasteiger partial charge on any atom is -0.321 e. The van der Waals surface area contributed by atoms with Crippen molar-refractivity contribution in [2.24, 2.45) is 5.14 Å². The van der Waals surface area contributed by atoms with E-state index in [1.54, 1.807) is 24.3 Å². The van der Waals surface area contributed by atoms with Crippen molar-refractivity contribution in [3.63, 3.8) is 0 Å². The van der Waals surface area contributed by atoms with E-state index in [0.717, 1.165) is 11.3 Å². The molecule has 1 aromatic heterocycles. The highest BCUT2D eigenvalue weighted by Gasteiger charge is 2.09. The van der Waals surface area contributed by atoms with Gasteiger partial charge < -0.3 is 5.32 Å². The van der Waals surface area contributed by atoms with Crippen LogP contribution in [0.25, 0.3) is 0 Å². The monoisotopic (exact) mass is 331 g/mol. The van der Waals surface area contributed by atoms with E-state index in [0.29, 0.717) is 14.9 Å². The Morgan fingerprint density at radius 3 is 2.50 bits per heavy atom. The Morgan fingerprint density at radius 2 is 1.90 bits per heavy atom. The van der Waals surface area contributed by atoms with Gasteiger partial charge in [0, 0.05) is 5.69 Å². The summed E-state index contributed by atoms with van der Waals surface area (Å²) < 4.78 is 24.5. The molecule has 0 bridgehead atoms. The molecule has 0 atom stereocenters. The molecule has 0 saturated carbocycles. The Kier molecular flexibility index (Phi) is 4.29. The number of nitrogens with one attached hydrogen (secondary N) is 2. The number of anilines is 2. The summed E-state index contributed by atoms with van der Waals surface area (Å²) in [6, 6.07) is 9.42. The molecular formula is C11H10ClN3O3S2. The summed E-state index contributed by atoms with van der Waals surface area (Å²) >= 11 is 6.90. The van der Waals surface area contributed by atoms with Gasteiger partial charge >= 0.3 is 0 Å². The molecule has 0 fully saturated rings. The highest BCUT2D eigenvalue weighted by Crippen LogP contribution is 2.23. The van der Waals surface area contributed by atoms with Crippen molar-refractivity contribution in [3.05, 3.63) is 45.6 Å². The summed E-state index contributed by atoms with van der Waals surface area (Å²) in [5.41, 5.74) is 0.697. The average Bonchev–Trinajstić information content (AvgIpc) is 2.74. The number of amides is 1. The zero-order chi connectivity index (χ0) is 14.8. The molecule has 1 aromatic carbocycles. The minimum atomic E-state index is -3.85. The first-order valence-electron chi connectivity index (χ1n) is 5.31. The van der Waals surface area contributed by atoms with Gasteiger partial charge in [0.15, 0.2) is 0 Å². The molecule has 0 aliphatic rings. The largest absolute Gasteiger partial charge is 0.321 e. The number of hydrogen-bond acceptors (Lipinski definition) is 4. The summed E-state index contributed by atoms with van der Waals surface area (Å²) in [6.45, 7) is 0. The molecule has 1 amide bonds. The molecule has 1 heterocycles. The van der Waals surface area contributed by atoms with Crippen molar-refractivity contribution in [1.29, 1.82) is 0 Å². The standard InChI is InChI=1S/C11H10ClN3O3S2/c12-10-5-4-9(19-10)11(16)14-7-2-1-3-8(6-7)15-20(13,17)18/h1-6,15H,(H,14,16)(H2,13,17,18). The van der Waals surface area contributed by atoms with Crippen LogP contribution in [0.2, 0.25) is 4.34 Å². The van der Waals surface area contributed by atoms with Crippen LogP contribution in [-0.2, 0) is 10.2 Å². The normalized spacial score (nSPS) is 11.1. The van der Waals surface area contributed by atoms with Crippen molar-refractivity contribution < 1.29 is 13.2 Å². The second kappa shape index (κ2) is 5.80. The third-order valence-corrected chi connectivity index (χ3v) is 3.93. The lowest BCUT2D eigenvalue weighted by Gasteiger charge is -2.07. The Morgan fingerprint density at radius 1 is 1.20 bits per heavy atom. The molecule has 2 rings (SSSR count). The molecular weight excluding hydrogens is 322 g/mol. The Labute approximate surface area is 124 Å². The Bertz CT molecular complexity index is 743. The summed E-state index contributed by atoms with van der Waals surface area (Å²) in [6.07, 6.45) is 0. The van der Waals surface area contributed by atoms with Gasteiger partial charge in [-0.05, 0) is 30.3 Å². The minimum absolute atomic E-state index is 0.259. The van der Waals surface area contributed by atoms with Gasteiger partial charge in [0.05, 0.1) is 14.9 Å². The highest BCUT2D eigenvalue weighted by atomic mass is 35.5. The number of hydrogen-bond donors (Lipinski definition) is 3. The summed E-state index contributed by atoms with van der Waals surface area (Å²) in [5, 5.41) is 7.51. The Balaban J connectivity index is 2.14. The van der Waals surface area contributed by atoms with Gasteiger partial charge in [0.1, 0.15) is 0 Å². The van der Waals surface area contributed by atoms with Crippen molar-refractivity contribution in [1.82, 2.24) is 0 Å². The van der Waals surface area contributed by atoms with E-state index < -0.39 is 10.2 Å². The number of halogens is 1. The number of thiophene rings is 1. The van der Waals surface area contributed by atoms with E-state index in [2.05, 4.69) is 10.0 Å². The van der Waals surface area contributed by atoms with Crippen molar-refractivity contribution >= 4 is 50.4 Å². The Hall–Kier alpha value is -1.61. The average molecular weight is 332 g/mol. The van der Waals surface area contributed by atoms with E-state index in [1.807, 2.05) is 0 Å². The molecule has 20 heavy (non-hydrogen) atoms. The number of rotatable bonds is 4. The smallest absolute Gasteiger partial charge is 0.296 e. The fourth-order valence-electron chi connectivity index (χ4n) is 1.45. The van der Waals surface area contributed by atoms with Gasteiger partial charge in [0.2, 0.25) is 0 Å². The molecule has 0 aliphatic carbocycles. The van der Waals surface area contributed by atoms with Gasteiger partial charge in [-0.15, -0.1) is 11.3 Å². The van der Waals surface area contributed by atoms with Gasteiger partial charge in [-0.1, -0.05) is 17.7 Å². The SMILES string of the molecule is NS(=O)(=O)Nc1cccc(NC(=O)c2ccc(Cl)s2)c1. The van der Waals surface area contributed by atoms with Crippen LogP contribution in [0.4, 0.5) is 11.4 Å². The second-order valence-corrected chi connectivity index (χ2v) is 6.79. The molecule has 0 aliphatic heterocycles. The van der Waals surface area contributed by atoms with Crippen molar-refractivity contribution in [2.45, 2.75) is 0 Å². The van der Waals surface area contributed by atoms with E-state index in [9.17, 15) is 13.2 Å². The lowest BCUT2D eigenvalue weighted by atomic mass is 10.3. The topological polar surface area (TPSA) is 101 Å². The zero-order valence-electron chi connectivity index (χ0n) is 9.96. The van der Waals surface area contributed by atoms with Crippen LogP contribution >= 0.6 is 22.9 Å². The molecule has 0 spiro atoms. The molecule has 0 radical (unpaired) electrons. The zero-order valence-corrected chi connectivity index (χ0v) is 12.3. The summed E-state index contributed by atoms with van der Waals surface area (Å²) in [4.78, 5) is 12.4. The number of carbonyl (C=O) groups excluding carboxylic acids is 1. The third kappa shape index (κ3) is 4.20. The van der Waals surface area contributed by atoms with E-state index in [1.165, 1.54) is 12.1 Å². The van der Waals surface area contributed by atoms with Gasteiger partial charge in [-0.2, -0.15) is 8.42 Å². The first-order chi connectivity index (χ1) is 9.33. The van der Waals surface area contributed by atoms with E-state index in [4.69, 9.17) is 16.7 Å². The number of carbonyl (C=O) groups is 1. The van der Waals surface area contributed by atoms with Crippen LogP contribution in [-0.4, -0.2) is 14.3 Å². The van der Waals surface area contributed by atoms with Gasteiger partial charge in [-0.3, -0.25) is 9.52 Å². The van der Waals surface area contributed by atoms with Crippen LogP contribution in [0, 0.1) is 0 Å². The predicted molar refractivity (Wildman–Crippen MR) is 80.5 cm³/mol. The number of nitrogens with two attached hydrogens (primary N) is 1. The molecule has 2 aromatic rings. The van der Waals surface area contributed by atoms with Crippen LogP contribution in [0.15, 0.2) is 36.4 Å². The molecule has 6 nitrogen and oxygen atoms in total. The quantitative estimate of drug-likeness (QED) is 0.800. The predicted octanol–water partition coefficient (Wildman–Crippen LogP) is 2.27. The lowest BCUT2D eigenvalue weighted by Crippen LogP contribution is -2.21. The van der Waals surface area contributed by atoms with Gasteiger partial charge in [0.25, 0.3) is 16.1 Å². The first-order valence-corrected chi connectivity index (χ1v) is 8.05. The van der Waals surface area contributed by atoms with E-state index >= 15 is 0 Å². The van der Waals surface area contributed by atoms with Gasteiger partial charge in [-0.25, -0.2) is 5.14 Å². The highest BCUT2D eigenvalue weighted by molar-refractivity contribution is 7.90. The maximum absolute atomic E-state index is 11.9. The van der Waals surface area contributed by atoms with Crippen LogP contribution in [0.3, 0.4) is 0 Å². The molecule has 0 saturated heterocycles.